The molecule has 0 fully saturated rings. The van der Waals surface area contributed by atoms with Crippen molar-refractivity contribution in [2.45, 2.75) is 19.2 Å². The lowest BCUT2D eigenvalue weighted by Gasteiger charge is -2.16. The number of hydrogen-bond donors (Lipinski definition) is 1. The van der Waals surface area contributed by atoms with Gasteiger partial charge in [-0.3, -0.25) is 0 Å². The molecule has 9 heteroatoms. The minimum atomic E-state index is -4.98. The Morgan fingerprint density at radius 3 is 2.57 bits per heavy atom. The van der Waals surface area contributed by atoms with Gasteiger partial charge < -0.3 is 14.7 Å². The van der Waals surface area contributed by atoms with E-state index < -0.39 is 41.1 Å². The fourth-order valence-electron chi connectivity index (χ4n) is 2.12. The third-order valence-electron chi connectivity index (χ3n) is 3.00. The highest BCUT2D eigenvalue weighted by Gasteiger charge is 2.54. The molecule has 2 rings (SSSR count). The maximum Gasteiger partial charge on any atom is 0.430 e. The van der Waals surface area contributed by atoms with E-state index >= 15 is 0 Å². The SMILES string of the molecule is CCOC(=O)C1=C(c2ccccc2F)/C(=N\O)OC1C(F)(F)F. The Morgan fingerprint density at radius 1 is 1.39 bits per heavy atom. The number of hydrogen-bond acceptors (Lipinski definition) is 5. The highest BCUT2D eigenvalue weighted by molar-refractivity contribution is 6.27. The maximum absolute atomic E-state index is 13.9. The highest BCUT2D eigenvalue weighted by Crippen LogP contribution is 2.40. The van der Waals surface area contributed by atoms with Crippen molar-refractivity contribution in [3.63, 3.8) is 0 Å². The predicted octanol–water partition coefficient (Wildman–Crippen LogP) is 2.89. The number of halogens is 4. The number of oxime groups is 1. The van der Waals surface area contributed by atoms with Gasteiger partial charge in [-0.15, -0.1) is 0 Å². The van der Waals surface area contributed by atoms with Crippen molar-refractivity contribution in [2.24, 2.45) is 5.16 Å². The van der Waals surface area contributed by atoms with Crippen LogP contribution in [0.1, 0.15) is 12.5 Å². The van der Waals surface area contributed by atoms with Crippen LogP contribution < -0.4 is 0 Å². The third-order valence-corrected chi connectivity index (χ3v) is 3.00. The molecule has 1 aliphatic rings. The molecule has 1 atom stereocenters. The van der Waals surface area contributed by atoms with Crippen molar-refractivity contribution in [3.05, 3.63) is 41.2 Å². The lowest BCUT2D eigenvalue weighted by Crippen LogP contribution is -2.34. The molecule has 0 aliphatic carbocycles. The standard InChI is InChI=1S/C14H11F4NO4/c1-2-22-13(20)10-9(7-5-3-4-6-8(7)15)12(19-21)23-11(10)14(16,17)18/h3-6,11,21H,2H2,1H3/b19-12+. The fourth-order valence-corrected chi connectivity index (χ4v) is 2.12. The number of carbonyl (C=O) groups excluding carboxylic acids is 1. The number of esters is 1. The predicted molar refractivity (Wildman–Crippen MR) is 70.1 cm³/mol. The lowest BCUT2D eigenvalue weighted by molar-refractivity contribution is -0.188. The van der Waals surface area contributed by atoms with Gasteiger partial charge in [-0.2, -0.15) is 13.2 Å². The number of carbonyl (C=O) groups is 1. The van der Waals surface area contributed by atoms with E-state index in [0.717, 1.165) is 12.1 Å². The van der Waals surface area contributed by atoms with Crippen LogP contribution >= 0.6 is 0 Å². The van der Waals surface area contributed by atoms with E-state index in [9.17, 15) is 22.4 Å². The summed E-state index contributed by atoms with van der Waals surface area (Å²) in [6.07, 6.45) is -7.69. The van der Waals surface area contributed by atoms with Crippen LogP contribution in [0, 0.1) is 5.82 Å². The number of alkyl halides is 3. The maximum atomic E-state index is 13.9. The largest absolute Gasteiger partial charge is 0.463 e. The zero-order chi connectivity index (χ0) is 17.2. The van der Waals surface area contributed by atoms with Crippen LogP contribution in [0.5, 0.6) is 0 Å². The number of benzene rings is 1. The molecule has 0 bridgehead atoms. The number of nitrogens with zero attached hydrogens (tertiary/aromatic N) is 1. The molecule has 5 nitrogen and oxygen atoms in total. The van der Waals surface area contributed by atoms with Gasteiger partial charge in [0.2, 0.25) is 6.10 Å². The summed E-state index contributed by atoms with van der Waals surface area (Å²) in [7, 11) is 0. The van der Waals surface area contributed by atoms with Crippen molar-refractivity contribution in [2.75, 3.05) is 6.61 Å². The summed E-state index contributed by atoms with van der Waals surface area (Å²) >= 11 is 0. The van der Waals surface area contributed by atoms with E-state index in [1.165, 1.54) is 19.1 Å². The second kappa shape index (κ2) is 6.27. The van der Waals surface area contributed by atoms with Gasteiger partial charge in [0.05, 0.1) is 12.2 Å². The van der Waals surface area contributed by atoms with Crippen LogP contribution in [-0.4, -0.2) is 36.0 Å². The number of rotatable bonds is 3. The first-order valence-corrected chi connectivity index (χ1v) is 6.43. The molecule has 0 spiro atoms. The first-order valence-electron chi connectivity index (χ1n) is 6.43. The van der Waals surface area contributed by atoms with E-state index in [-0.39, 0.29) is 12.2 Å². The summed E-state index contributed by atoms with van der Waals surface area (Å²) in [5.74, 6) is -3.14. The van der Waals surface area contributed by atoms with Crippen molar-refractivity contribution >= 4 is 17.4 Å². The first kappa shape index (κ1) is 16.8. The second-order valence-electron chi connectivity index (χ2n) is 4.43. The molecular weight excluding hydrogens is 322 g/mol. The average Bonchev–Trinajstić information content (AvgIpc) is 2.87. The summed E-state index contributed by atoms with van der Waals surface area (Å²) < 4.78 is 62.4. The minimum Gasteiger partial charge on any atom is -0.463 e. The zero-order valence-electron chi connectivity index (χ0n) is 11.7. The summed E-state index contributed by atoms with van der Waals surface area (Å²) in [5, 5.41) is 11.5. The van der Waals surface area contributed by atoms with Crippen molar-refractivity contribution in [1.82, 2.24) is 0 Å². The number of ether oxygens (including phenoxy) is 2. The molecule has 1 aromatic rings. The van der Waals surface area contributed by atoms with E-state index in [4.69, 9.17) is 5.21 Å². The molecule has 0 radical (unpaired) electrons. The molecule has 1 heterocycles. The Bertz CT molecular complexity index is 682. The van der Waals surface area contributed by atoms with Gasteiger partial charge in [-0.1, -0.05) is 18.2 Å². The summed E-state index contributed by atoms with van der Waals surface area (Å²) in [6, 6.07) is 4.79. The van der Waals surface area contributed by atoms with Crippen molar-refractivity contribution < 1.29 is 37.0 Å². The minimum absolute atomic E-state index is 0.191. The summed E-state index contributed by atoms with van der Waals surface area (Å²) in [5.41, 5.74) is -1.92. The van der Waals surface area contributed by atoms with E-state index in [2.05, 4.69) is 14.6 Å². The molecule has 1 aliphatic heterocycles. The van der Waals surface area contributed by atoms with Crippen LogP contribution in [0.2, 0.25) is 0 Å². The van der Waals surface area contributed by atoms with Crippen LogP contribution in [-0.2, 0) is 14.3 Å². The van der Waals surface area contributed by atoms with E-state index in [0.29, 0.717) is 0 Å². The normalized spacial score (nSPS) is 19.9. The van der Waals surface area contributed by atoms with Gasteiger partial charge in [0.1, 0.15) is 11.4 Å². The van der Waals surface area contributed by atoms with E-state index in [1.807, 2.05) is 0 Å². The molecule has 1 unspecified atom stereocenters. The summed E-state index contributed by atoms with van der Waals surface area (Å²) in [6.45, 7) is 1.21. The molecule has 0 amide bonds. The molecule has 0 aromatic heterocycles. The van der Waals surface area contributed by atoms with Gasteiger partial charge in [-0.25, -0.2) is 9.18 Å². The Labute approximate surface area is 127 Å². The Hall–Kier alpha value is -2.58. The topological polar surface area (TPSA) is 68.1 Å². The Balaban J connectivity index is 2.72. The Kier molecular flexibility index (Phi) is 4.57. The lowest BCUT2D eigenvalue weighted by atomic mass is 9.98. The van der Waals surface area contributed by atoms with Crippen LogP contribution in [0.4, 0.5) is 17.6 Å². The first-order chi connectivity index (χ1) is 10.8. The molecule has 23 heavy (non-hydrogen) atoms. The van der Waals surface area contributed by atoms with Crippen molar-refractivity contribution in [3.8, 4) is 0 Å². The molecular formula is C14H11F4NO4. The van der Waals surface area contributed by atoms with Crippen LogP contribution in [0.3, 0.4) is 0 Å². The van der Waals surface area contributed by atoms with Gasteiger partial charge >= 0.3 is 12.1 Å². The van der Waals surface area contributed by atoms with Gasteiger partial charge in [-0.05, 0) is 18.1 Å². The molecule has 1 N–H and O–H groups in total. The van der Waals surface area contributed by atoms with Crippen LogP contribution in [0.15, 0.2) is 35.0 Å². The van der Waals surface area contributed by atoms with Gasteiger partial charge in [0, 0.05) is 5.56 Å². The average molecular weight is 333 g/mol. The monoisotopic (exact) mass is 333 g/mol. The van der Waals surface area contributed by atoms with Crippen molar-refractivity contribution in [1.29, 1.82) is 0 Å². The fraction of sp³-hybridized carbons (Fsp3) is 0.286. The third kappa shape index (κ3) is 3.13. The molecule has 1 aromatic carbocycles. The highest BCUT2D eigenvalue weighted by atomic mass is 19.4. The molecule has 0 saturated heterocycles. The van der Waals surface area contributed by atoms with Gasteiger partial charge in [0.25, 0.3) is 5.90 Å². The van der Waals surface area contributed by atoms with Gasteiger partial charge in [0.15, 0.2) is 0 Å². The Morgan fingerprint density at radius 2 is 2.04 bits per heavy atom. The quantitative estimate of drug-likeness (QED) is 0.400. The van der Waals surface area contributed by atoms with Crippen LogP contribution in [0.25, 0.3) is 5.57 Å². The smallest absolute Gasteiger partial charge is 0.430 e. The summed E-state index contributed by atoms with van der Waals surface area (Å²) in [4.78, 5) is 11.9. The molecule has 124 valence electrons. The van der Waals surface area contributed by atoms with E-state index in [1.54, 1.807) is 0 Å². The molecule has 0 saturated carbocycles. The zero-order valence-corrected chi connectivity index (χ0v) is 11.7. The second-order valence-corrected chi connectivity index (χ2v) is 4.43.